The van der Waals surface area contributed by atoms with E-state index in [1.54, 1.807) is 25.7 Å². The van der Waals surface area contributed by atoms with Crippen LogP contribution in [0.4, 0.5) is 22.4 Å². The average molecular weight is 534 g/mol. The summed E-state index contributed by atoms with van der Waals surface area (Å²) in [5.74, 6) is 3.65. The predicted molar refractivity (Wildman–Crippen MR) is 146 cm³/mol. The molecule has 1 aromatic carbocycles. The number of methoxy groups -OCH3 is 3. The third-order valence-electron chi connectivity index (χ3n) is 6.18. The number of nitrogens with one attached hydrogen (secondary N) is 3. The van der Waals surface area contributed by atoms with Gasteiger partial charge in [0.1, 0.15) is 11.6 Å². The number of hydrazine groups is 1. The zero-order valence-corrected chi connectivity index (χ0v) is 22.6. The maximum atomic E-state index is 11.8. The lowest BCUT2D eigenvalue weighted by atomic mass is 10.1. The largest absolute Gasteiger partial charge is 0.493 e. The molecular formula is C24H35N7O5S. The summed E-state index contributed by atoms with van der Waals surface area (Å²) in [6.07, 6.45) is 0. The molecule has 2 aliphatic heterocycles. The third kappa shape index (κ3) is 6.00. The van der Waals surface area contributed by atoms with Crippen LogP contribution in [0.2, 0.25) is 0 Å². The van der Waals surface area contributed by atoms with E-state index >= 15 is 0 Å². The molecule has 1 fully saturated rings. The van der Waals surface area contributed by atoms with Crippen molar-refractivity contribution < 1.29 is 24.1 Å². The number of hydrogen-bond donors (Lipinski definition) is 4. The maximum Gasteiger partial charge on any atom is 0.374 e. The van der Waals surface area contributed by atoms with Crippen LogP contribution in [0.5, 0.6) is 17.2 Å². The second-order valence-corrected chi connectivity index (χ2v) is 10.5. The van der Waals surface area contributed by atoms with Crippen molar-refractivity contribution in [2.45, 2.75) is 20.4 Å². The number of piperazine rings is 1. The van der Waals surface area contributed by atoms with Gasteiger partial charge in [-0.3, -0.25) is 5.43 Å². The molecule has 0 radical (unpaired) electrons. The van der Waals surface area contributed by atoms with Gasteiger partial charge in [-0.25, -0.2) is 4.79 Å². The lowest BCUT2D eigenvalue weighted by Gasteiger charge is -2.31. The number of anilines is 3. The Hall–Kier alpha value is -3.29. The van der Waals surface area contributed by atoms with Crippen LogP contribution in [0.1, 0.15) is 18.1 Å². The molecule has 12 nitrogen and oxygen atoms in total. The van der Waals surface area contributed by atoms with Crippen LogP contribution in [0.25, 0.3) is 0 Å². The Labute approximate surface area is 219 Å². The minimum Gasteiger partial charge on any atom is -0.493 e. The fourth-order valence-corrected chi connectivity index (χ4v) is 5.93. The highest BCUT2D eigenvalue weighted by atomic mass is 32.2. The molecule has 2 aliphatic rings. The van der Waals surface area contributed by atoms with Crippen molar-refractivity contribution in [1.82, 2.24) is 19.7 Å². The van der Waals surface area contributed by atoms with Crippen molar-refractivity contribution in [3.63, 3.8) is 0 Å². The highest BCUT2D eigenvalue weighted by molar-refractivity contribution is 8.25. The van der Waals surface area contributed by atoms with E-state index in [9.17, 15) is 9.90 Å². The van der Waals surface area contributed by atoms with Crippen LogP contribution < -0.4 is 35.2 Å². The van der Waals surface area contributed by atoms with Gasteiger partial charge >= 0.3 is 5.30 Å². The van der Waals surface area contributed by atoms with E-state index < -0.39 is 16.0 Å². The first-order valence-electron chi connectivity index (χ1n) is 12.1. The van der Waals surface area contributed by atoms with Gasteiger partial charge in [0.05, 0.1) is 21.3 Å². The summed E-state index contributed by atoms with van der Waals surface area (Å²) in [6.45, 7) is 8.36. The normalized spacial score (nSPS) is 19.8. The molecule has 4 N–H and O–H groups in total. The topological polar surface area (TPSA) is 133 Å². The van der Waals surface area contributed by atoms with E-state index in [1.807, 2.05) is 31.3 Å². The van der Waals surface area contributed by atoms with Crippen LogP contribution in [-0.4, -0.2) is 84.2 Å². The number of nitrogens with zero attached hydrogens (tertiary/aromatic N) is 4. The fraction of sp³-hybridized carbons (Fsp3) is 0.500. The minimum absolute atomic E-state index is 0.141. The molecule has 4 rings (SSSR count). The van der Waals surface area contributed by atoms with Crippen molar-refractivity contribution in [3.8, 4) is 17.2 Å². The Balaban J connectivity index is 1.64. The van der Waals surface area contributed by atoms with Gasteiger partial charge < -0.3 is 34.9 Å². The second kappa shape index (κ2) is 11.8. The molecule has 13 heteroatoms. The monoisotopic (exact) mass is 533 g/mol. The quantitative estimate of drug-likeness (QED) is 0.353. The number of rotatable bonds is 9. The van der Waals surface area contributed by atoms with Gasteiger partial charge in [-0.15, -0.1) is 0 Å². The standard InChI is InChI=1S/C24H35N7O5S/c1-15-13-31(37(14-15)24(32)33)29-23-27-21(16(2)22(28-23)30-8-6-25-7-9-30)26-12-17-10-18(34-3)20(36-5)19(11-17)35-4/h10-11,14-15,25H,6-9,12-13H2,1-5H3,(H,32,33)(H2,26,27,28,29). The Morgan fingerprint density at radius 2 is 1.84 bits per heavy atom. The molecule has 2 unspecified atom stereocenters. The fourth-order valence-electron chi connectivity index (χ4n) is 4.37. The first-order chi connectivity index (χ1) is 17.8. The molecule has 1 aromatic heterocycles. The van der Waals surface area contributed by atoms with E-state index in [-0.39, 0.29) is 5.92 Å². The molecule has 3 heterocycles. The van der Waals surface area contributed by atoms with Crippen LogP contribution in [0.15, 0.2) is 12.1 Å². The van der Waals surface area contributed by atoms with Gasteiger partial charge in [0.15, 0.2) is 11.5 Å². The molecule has 0 bridgehead atoms. The number of benzene rings is 1. The molecule has 2 atom stereocenters. The van der Waals surface area contributed by atoms with Gasteiger partial charge in [-0.05, 0) is 35.9 Å². The molecule has 202 valence electrons. The summed E-state index contributed by atoms with van der Waals surface area (Å²) in [5.41, 5.74) is 5.01. The summed E-state index contributed by atoms with van der Waals surface area (Å²) in [6, 6.07) is 3.78. The van der Waals surface area contributed by atoms with E-state index in [4.69, 9.17) is 24.2 Å². The maximum absolute atomic E-state index is 11.8. The van der Waals surface area contributed by atoms with Crippen molar-refractivity contribution in [3.05, 3.63) is 23.3 Å². The van der Waals surface area contributed by atoms with E-state index in [2.05, 4.69) is 21.0 Å². The summed E-state index contributed by atoms with van der Waals surface area (Å²) >= 11 is 0. The summed E-state index contributed by atoms with van der Waals surface area (Å²) in [4.78, 5) is 23.6. The summed E-state index contributed by atoms with van der Waals surface area (Å²) in [5, 5.41) is 17.4. The number of aromatic nitrogens is 2. The van der Waals surface area contributed by atoms with Gasteiger partial charge in [0.2, 0.25) is 11.7 Å². The smallest absolute Gasteiger partial charge is 0.374 e. The molecule has 0 saturated carbocycles. The second-order valence-electron chi connectivity index (χ2n) is 8.84. The number of ether oxygens (including phenoxy) is 3. The first-order valence-corrected chi connectivity index (χ1v) is 13.3. The van der Waals surface area contributed by atoms with Gasteiger partial charge in [-0.2, -0.15) is 14.4 Å². The van der Waals surface area contributed by atoms with E-state index in [0.717, 1.165) is 43.1 Å². The predicted octanol–water partition coefficient (Wildman–Crippen LogP) is 2.78. The van der Waals surface area contributed by atoms with Gasteiger partial charge in [-0.1, -0.05) is 6.92 Å². The molecule has 1 saturated heterocycles. The highest BCUT2D eigenvalue weighted by Gasteiger charge is 2.27. The van der Waals surface area contributed by atoms with Crippen molar-refractivity contribution >= 4 is 38.9 Å². The van der Waals surface area contributed by atoms with Crippen LogP contribution >= 0.6 is 10.7 Å². The van der Waals surface area contributed by atoms with Crippen LogP contribution in [0.3, 0.4) is 0 Å². The first kappa shape index (κ1) is 26.8. The van der Waals surface area contributed by atoms with Gasteiger partial charge in [0, 0.05) is 55.5 Å². The number of hydrogen-bond acceptors (Lipinski definition) is 11. The summed E-state index contributed by atoms with van der Waals surface area (Å²) < 4.78 is 18.1. The Kier molecular flexibility index (Phi) is 8.56. The zero-order valence-electron chi connectivity index (χ0n) is 21.8. The van der Waals surface area contributed by atoms with Gasteiger partial charge in [0.25, 0.3) is 0 Å². The molecule has 2 aromatic rings. The minimum atomic E-state index is -1.06. The molecule has 0 spiro atoms. The zero-order chi connectivity index (χ0) is 26.5. The van der Waals surface area contributed by atoms with Crippen LogP contribution in [0, 0.1) is 12.8 Å². The van der Waals surface area contributed by atoms with Crippen molar-refractivity contribution in [1.29, 1.82) is 0 Å². The highest BCUT2D eigenvalue weighted by Crippen LogP contribution is 2.38. The Morgan fingerprint density at radius 1 is 1.16 bits per heavy atom. The van der Waals surface area contributed by atoms with E-state index in [1.165, 1.54) is 0 Å². The van der Waals surface area contributed by atoms with Crippen molar-refractivity contribution in [2.24, 2.45) is 5.92 Å². The lowest BCUT2D eigenvalue weighted by Crippen LogP contribution is -2.44. The SMILES string of the molecule is COc1cc(CNc2nc(NN3CC(C)C=S3C(=O)O)nc(N3CCNCC3)c2C)cc(OC)c1OC. The average Bonchev–Trinajstić information content (AvgIpc) is 3.28. The molecular weight excluding hydrogens is 498 g/mol. The number of carbonyl (C=O) groups is 1. The van der Waals surface area contributed by atoms with Crippen LogP contribution in [-0.2, 0) is 6.54 Å². The molecule has 0 aliphatic carbocycles. The lowest BCUT2D eigenvalue weighted by molar-refractivity contribution is 0.221. The Bertz CT molecular complexity index is 1150. The molecule has 37 heavy (non-hydrogen) atoms. The third-order valence-corrected chi connectivity index (χ3v) is 7.97. The van der Waals surface area contributed by atoms with Crippen molar-refractivity contribution in [2.75, 3.05) is 69.7 Å². The molecule has 0 amide bonds. The number of carboxylic acid groups (broad SMARTS) is 1. The Morgan fingerprint density at radius 3 is 2.43 bits per heavy atom. The summed E-state index contributed by atoms with van der Waals surface area (Å²) in [7, 11) is 3.68. The van der Waals surface area contributed by atoms with E-state index in [0.29, 0.717) is 42.1 Å².